The van der Waals surface area contributed by atoms with Gasteiger partial charge < -0.3 is 10.5 Å². The van der Waals surface area contributed by atoms with Gasteiger partial charge in [-0.25, -0.2) is 0 Å². The molecule has 0 heterocycles. The van der Waals surface area contributed by atoms with Gasteiger partial charge in [-0.3, -0.25) is 0 Å². The Labute approximate surface area is 92.2 Å². The molecule has 0 aromatic heterocycles. The van der Waals surface area contributed by atoms with E-state index in [1.807, 2.05) is 0 Å². The molecule has 0 bridgehead atoms. The van der Waals surface area contributed by atoms with E-state index < -0.39 is 12.3 Å². The standard InChI is InChI=1S/C11H14F3NO/c1-16-10(11(12,13)14)9-4-2-8(3-5-9)6-7-15/h2-5,10H,6-7,15H2,1H3. The van der Waals surface area contributed by atoms with Gasteiger partial charge in [-0.05, 0) is 24.1 Å². The topological polar surface area (TPSA) is 35.2 Å². The van der Waals surface area contributed by atoms with E-state index in [0.29, 0.717) is 13.0 Å². The van der Waals surface area contributed by atoms with Gasteiger partial charge in [-0.1, -0.05) is 24.3 Å². The minimum atomic E-state index is -4.38. The summed E-state index contributed by atoms with van der Waals surface area (Å²) >= 11 is 0. The highest BCUT2D eigenvalue weighted by molar-refractivity contribution is 5.25. The largest absolute Gasteiger partial charge is 0.418 e. The van der Waals surface area contributed by atoms with Crippen molar-refractivity contribution in [3.05, 3.63) is 35.4 Å². The second kappa shape index (κ2) is 5.32. The van der Waals surface area contributed by atoms with Crippen molar-refractivity contribution < 1.29 is 17.9 Å². The second-order valence-corrected chi connectivity index (χ2v) is 3.44. The predicted octanol–water partition coefficient (Wildman–Crippen LogP) is 2.44. The maximum Gasteiger partial charge on any atom is 0.418 e. The average Bonchev–Trinajstić information content (AvgIpc) is 2.20. The Bertz CT molecular complexity index is 321. The fraction of sp³-hybridized carbons (Fsp3) is 0.455. The third-order valence-electron chi connectivity index (χ3n) is 2.25. The Kier molecular flexibility index (Phi) is 4.32. The average molecular weight is 233 g/mol. The maximum atomic E-state index is 12.5. The fourth-order valence-electron chi connectivity index (χ4n) is 1.48. The van der Waals surface area contributed by atoms with E-state index in [1.165, 1.54) is 12.1 Å². The van der Waals surface area contributed by atoms with Crippen molar-refractivity contribution >= 4 is 0 Å². The smallest absolute Gasteiger partial charge is 0.367 e. The monoisotopic (exact) mass is 233 g/mol. The molecule has 0 radical (unpaired) electrons. The zero-order valence-electron chi connectivity index (χ0n) is 8.92. The molecule has 1 aromatic rings. The molecule has 90 valence electrons. The van der Waals surface area contributed by atoms with Crippen molar-refractivity contribution in [1.82, 2.24) is 0 Å². The quantitative estimate of drug-likeness (QED) is 0.866. The molecular formula is C11H14F3NO. The number of benzene rings is 1. The zero-order chi connectivity index (χ0) is 12.2. The lowest BCUT2D eigenvalue weighted by Gasteiger charge is -2.19. The first-order valence-corrected chi connectivity index (χ1v) is 4.87. The lowest BCUT2D eigenvalue weighted by Crippen LogP contribution is -2.22. The molecule has 1 aromatic carbocycles. The lowest BCUT2D eigenvalue weighted by molar-refractivity contribution is -0.215. The Balaban J connectivity index is 2.87. The van der Waals surface area contributed by atoms with Crippen LogP contribution in [0.2, 0.25) is 0 Å². The van der Waals surface area contributed by atoms with Crippen LogP contribution in [-0.4, -0.2) is 19.8 Å². The normalized spacial score (nSPS) is 13.8. The lowest BCUT2D eigenvalue weighted by atomic mass is 10.0. The highest BCUT2D eigenvalue weighted by Gasteiger charge is 2.40. The van der Waals surface area contributed by atoms with Gasteiger partial charge in [-0.15, -0.1) is 0 Å². The minimum absolute atomic E-state index is 0.107. The molecule has 0 spiro atoms. The summed E-state index contributed by atoms with van der Waals surface area (Å²) in [6, 6.07) is 6.12. The van der Waals surface area contributed by atoms with Gasteiger partial charge in [0.2, 0.25) is 0 Å². The Hall–Kier alpha value is -1.07. The molecule has 1 atom stereocenters. The van der Waals surface area contributed by atoms with Crippen molar-refractivity contribution in [2.24, 2.45) is 5.73 Å². The molecule has 5 heteroatoms. The van der Waals surface area contributed by atoms with E-state index >= 15 is 0 Å². The van der Waals surface area contributed by atoms with Crippen LogP contribution in [0.25, 0.3) is 0 Å². The van der Waals surface area contributed by atoms with Crippen molar-refractivity contribution in [2.45, 2.75) is 18.7 Å². The Morgan fingerprint density at radius 1 is 1.25 bits per heavy atom. The summed E-state index contributed by atoms with van der Waals surface area (Å²) in [5.41, 5.74) is 6.38. The number of halogens is 3. The van der Waals surface area contributed by atoms with Gasteiger partial charge in [0.05, 0.1) is 0 Å². The predicted molar refractivity (Wildman–Crippen MR) is 55.0 cm³/mol. The number of methoxy groups -OCH3 is 1. The molecule has 2 nitrogen and oxygen atoms in total. The first-order valence-electron chi connectivity index (χ1n) is 4.87. The molecule has 0 saturated heterocycles. The van der Waals surface area contributed by atoms with Crippen molar-refractivity contribution in [3.8, 4) is 0 Å². The van der Waals surface area contributed by atoms with Crippen LogP contribution in [0.5, 0.6) is 0 Å². The van der Waals surface area contributed by atoms with Crippen molar-refractivity contribution in [1.29, 1.82) is 0 Å². The SMILES string of the molecule is COC(c1ccc(CCN)cc1)C(F)(F)F. The molecule has 1 rings (SSSR count). The van der Waals surface area contributed by atoms with Crippen molar-refractivity contribution in [3.63, 3.8) is 0 Å². The molecule has 0 amide bonds. The molecule has 2 N–H and O–H groups in total. The maximum absolute atomic E-state index is 12.5. The van der Waals surface area contributed by atoms with E-state index in [1.54, 1.807) is 12.1 Å². The summed E-state index contributed by atoms with van der Waals surface area (Å²) < 4.78 is 42.0. The minimum Gasteiger partial charge on any atom is -0.367 e. The van der Waals surface area contributed by atoms with Crippen LogP contribution in [0.1, 0.15) is 17.2 Å². The molecule has 16 heavy (non-hydrogen) atoms. The van der Waals surface area contributed by atoms with Crippen LogP contribution in [-0.2, 0) is 11.2 Å². The van der Waals surface area contributed by atoms with Crippen LogP contribution >= 0.6 is 0 Å². The van der Waals surface area contributed by atoms with Gasteiger partial charge in [0.25, 0.3) is 0 Å². The second-order valence-electron chi connectivity index (χ2n) is 3.44. The van der Waals surface area contributed by atoms with Gasteiger partial charge in [0.15, 0.2) is 6.10 Å². The molecule has 0 saturated carbocycles. The highest BCUT2D eigenvalue weighted by Crippen LogP contribution is 2.35. The van der Waals surface area contributed by atoms with Gasteiger partial charge in [0.1, 0.15) is 0 Å². The first kappa shape index (κ1) is 13.0. The van der Waals surface area contributed by atoms with E-state index in [-0.39, 0.29) is 5.56 Å². The Morgan fingerprint density at radius 3 is 2.19 bits per heavy atom. The van der Waals surface area contributed by atoms with Crippen LogP contribution < -0.4 is 5.73 Å². The number of rotatable bonds is 4. The number of ether oxygens (including phenoxy) is 1. The molecule has 1 unspecified atom stereocenters. The number of hydrogen-bond acceptors (Lipinski definition) is 2. The van der Waals surface area contributed by atoms with Crippen LogP contribution in [0.15, 0.2) is 24.3 Å². The molecule has 0 fully saturated rings. The molecule has 0 aliphatic carbocycles. The molecule has 0 aliphatic heterocycles. The third-order valence-corrected chi connectivity index (χ3v) is 2.25. The fourth-order valence-corrected chi connectivity index (χ4v) is 1.48. The van der Waals surface area contributed by atoms with E-state index in [0.717, 1.165) is 12.7 Å². The zero-order valence-corrected chi connectivity index (χ0v) is 8.92. The molecular weight excluding hydrogens is 219 g/mol. The Morgan fingerprint density at radius 2 is 1.81 bits per heavy atom. The summed E-state index contributed by atoms with van der Waals surface area (Å²) in [4.78, 5) is 0. The van der Waals surface area contributed by atoms with Crippen molar-refractivity contribution in [2.75, 3.05) is 13.7 Å². The van der Waals surface area contributed by atoms with Gasteiger partial charge in [-0.2, -0.15) is 13.2 Å². The number of nitrogens with two attached hydrogens (primary N) is 1. The third kappa shape index (κ3) is 3.21. The van der Waals surface area contributed by atoms with E-state index in [2.05, 4.69) is 4.74 Å². The summed E-state index contributed by atoms with van der Waals surface area (Å²) in [5, 5.41) is 0. The van der Waals surface area contributed by atoms with Crippen LogP contribution in [0.4, 0.5) is 13.2 Å². The van der Waals surface area contributed by atoms with Gasteiger partial charge in [0, 0.05) is 7.11 Å². The number of hydrogen-bond donors (Lipinski definition) is 1. The summed E-state index contributed by atoms with van der Waals surface area (Å²) in [7, 11) is 1.05. The van der Waals surface area contributed by atoms with Gasteiger partial charge >= 0.3 is 6.18 Å². The van der Waals surface area contributed by atoms with Crippen LogP contribution in [0.3, 0.4) is 0 Å². The highest BCUT2D eigenvalue weighted by atomic mass is 19.4. The van der Waals surface area contributed by atoms with Crippen LogP contribution in [0, 0.1) is 0 Å². The summed E-state index contributed by atoms with van der Waals surface area (Å²) in [5.74, 6) is 0. The summed E-state index contributed by atoms with van der Waals surface area (Å²) in [6.07, 6.45) is -5.59. The molecule has 0 aliphatic rings. The van der Waals surface area contributed by atoms with E-state index in [4.69, 9.17) is 5.73 Å². The first-order chi connectivity index (χ1) is 7.49. The van der Waals surface area contributed by atoms with E-state index in [9.17, 15) is 13.2 Å². The number of alkyl halides is 3. The summed E-state index contributed by atoms with van der Waals surface area (Å²) in [6.45, 7) is 0.478.